The van der Waals surface area contributed by atoms with Gasteiger partial charge in [-0.2, -0.15) is 5.10 Å². The molecule has 1 fully saturated rings. The molecular weight excluding hydrogens is 486 g/mol. The van der Waals surface area contributed by atoms with Crippen molar-refractivity contribution in [3.8, 4) is 11.8 Å². The standard InChI is InChI=1S/C32H35N5O2/c1-23-11-13-25(32(2,3)4)22-29(23)37(30-15-16-33-35-30)31(38)34-28-14-12-24(26-9-5-6-10-27(26)28)8-7-17-36-18-20-39-21-19-36/h5-6,9-16,22H,17-21H2,1-4H3,(H,33,35)(H,34,38). The average molecular weight is 522 g/mol. The number of aromatic nitrogens is 2. The van der Waals surface area contributed by atoms with E-state index in [4.69, 9.17) is 4.74 Å². The van der Waals surface area contributed by atoms with E-state index < -0.39 is 0 Å². The van der Waals surface area contributed by atoms with Gasteiger partial charge in [0.25, 0.3) is 0 Å². The van der Waals surface area contributed by atoms with Crippen LogP contribution in [0.4, 0.5) is 22.0 Å². The summed E-state index contributed by atoms with van der Waals surface area (Å²) in [5, 5.41) is 12.2. The number of carbonyl (C=O) groups is 1. The van der Waals surface area contributed by atoms with Gasteiger partial charge in [-0.25, -0.2) is 9.69 Å². The molecule has 4 aromatic rings. The Hall–Kier alpha value is -4.12. The Labute approximate surface area is 230 Å². The third kappa shape index (κ3) is 5.98. The Kier molecular flexibility index (Phi) is 7.69. The van der Waals surface area contributed by atoms with Crippen LogP contribution in [0, 0.1) is 18.8 Å². The lowest BCUT2D eigenvalue weighted by atomic mass is 9.86. The predicted octanol–water partition coefficient (Wildman–Crippen LogP) is 6.22. The fraction of sp³-hybridized carbons (Fsp3) is 0.312. The highest BCUT2D eigenvalue weighted by Crippen LogP contribution is 2.34. The van der Waals surface area contributed by atoms with E-state index in [-0.39, 0.29) is 11.4 Å². The molecule has 1 aromatic heterocycles. The Balaban J connectivity index is 1.47. The third-order valence-electron chi connectivity index (χ3n) is 7.04. The minimum Gasteiger partial charge on any atom is -0.379 e. The number of H-pyrrole nitrogens is 1. The lowest BCUT2D eigenvalue weighted by Crippen LogP contribution is -2.36. The van der Waals surface area contributed by atoms with Crippen LogP contribution >= 0.6 is 0 Å². The number of rotatable bonds is 4. The monoisotopic (exact) mass is 521 g/mol. The summed E-state index contributed by atoms with van der Waals surface area (Å²) >= 11 is 0. The number of amides is 2. The first-order valence-electron chi connectivity index (χ1n) is 13.3. The summed E-state index contributed by atoms with van der Waals surface area (Å²) < 4.78 is 5.43. The van der Waals surface area contributed by atoms with Gasteiger partial charge >= 0.3 is 6.03 Å². The summed E-state index contributed by atoms with van der Waals surface area (Å²) in [6, 6.07) is 19.8. The fourth-order valence-electron chi connectivity index (χ4n) is 4.73. The number of nitrogens with zero attached hydrogens (tertiary/aromatic N) is 3. The molecule has 0 atom stereocenters. The second kappa shape index (κ2) is 11.3. The highest BCUT2D eigenvalue weighted by Gasteiger charge is 2.24. The van der Waals surface area contributed by atoms with E-state index in [9.17, 15) is 4.79 Å². The zero-order chi connectivity index (χ0) is 27.4. The molecule has 1 aliphatic rings. The first-order chi connectivity index (χ1) is 18.8. The summed E-state index contributed by atoms with van der Waals surface area (Å²) in [7, 11) is 0. The number of aromatic amines is 1. The van der Waals surface area contributed by atoms with E-state index in [1.807, 2.05) is 43.3 Å². The van der Waals surface area contributed by atoms with E-state index in [0.29, 0.717) is 12.4 Å². The number of aryl methyl sites for hydroxylation is 1. The number of ether oxygens (including phenoxy) is 1. The summed E-state index contributed by atoms with van der Waals surface area (Å²) in [6.45, 7) is 12.6. The predicted molar refractivity (Wildman–Crippen MR) is 158 cm³/mol. The van der Waals surface area contributed by atoms with Crippen molar-refractivity contribution >= 4 is 34.0 Å². The molecule has 7 heteroatoms. The lowest BCUT2D eigenvalue weighted by molar-refractivity contribution is 0.0443. The third-order valence-corrected chi connectivity index (χ3v) is 7.04. The van der Waals surface area contributed by atoms with Gasteiger partial charge in [0.1, 0.15) is 5.82 Å². The zero-order valence-electron chi connectivity index (χ0n) is 23.0. The van der Waals surface area contributed by atoms with E-state index in [2.05, 4.69) is 71.2 Å². The Bertz CT molecular complexity index is 1520. The van der Waals surface area contributed by atoms with Crippen LogP contribution in [-0.4, -0.2) is 54.0 Å². The summed E-state index contributed by atoms with van der Waals surface area (Å²) in [5.41, 5.74) is 4.54. The van der Waals surface area contributed by atoms with Crippen molar-refractivity contribution in [1.82, 2.24) is 15.1 Å². The highest BCUT2D eigenvalue weighted by atomic mass is 16.5. The SMILES string of the molecule is Cc1ccc(C(C)(C)C)cc1N(C(=O)Nc1ccc(C#CCN2CCOCC2)c2ccccc12)c1ccn[nH]1. The molecule has 0 unspecified atom stereocenters. The van der Waals surface area contributed by atoms with Gasteiger partial charge in [0, 0.05) is 30.1 Å². The van der Waals surface area contributed by atoms with Crippen molar-refractivity contribution in [2.75, 3.05) is 43.1 Å². The van der Waals surface area contributed by atoms with Gasteiger partial charge in [0.05, 0.1) is 37.3 Å². The highest BCUT2D eigenvalue weighted by molar-refractivity contribution is 6.11. The van der Waals surface area contributed by atoms with Crippen LogP contribution in [0.15, 0.2) is 66.9 Å². The van der Waals surface area contributed by atoms with Crippen molar-refractivity contribution in [2.45, 2.75) is 33.1 Å². The molecule has 2 amide bonds. The van der Waals surface area contributed by atoms with E-state index in [0.717, 1.165) is 65.1 Å². The fourth-order valence-corrected chi connectivity index (χ4v) is 4.73. The molecule has 1 aliphatic heterocycles. The van der Waals surface area contributed by atoms with Gasteiger partial charge in [0.2, 0.25) is 0 Å². The van der Waals surface area contributed by atoms with Gasteiger partial charge in [-0.15, -0.1) is 0 Å². The number of fused-ring (bicyclic) bond motifs is 1. The van der Waals surface area contributed by atoms with Gasteiger partial charge < -0.3 is 10.1 Å². The van der Waals surface area contributed by atoms with Gasteiger partial charge in [-0.3, -0.25) is 10.00 Å². The lowest BCUT2D eigenvalue weighted by Gasteiger charge is -2.27. The molecule has 200 valence electrons. The Morgan fingerprint density at radius 3 is 2.56 bits per heavy atom. The Morgan fingerprint density at radius 1 is 1.08 bits per heavy atom. The number of hydrogen-bond acceptors (Lipinski definition) is 4. The van der Waals surface area contributed by atoms with Crippen LogP contribution in [0.3, 0.4) is 0 Å². The number of carbonyl (C=O) groups excluding carboxylic acids is 1. The molecule has 0 radical (unpaired) electrons. The summed E-state index contributed by atoms with van der Waals surface area (Å²) in [5.74, 6) is 7.26. The van der Waals surface area contributed by atoms with Gasteiger partial charge in [-0.1, -0.05) is 69.0 Å². The topological polar surface area (TPSA) is 73.5 Å². The van der Waals surface area contributed by atoms with Crippen molar-refractivity contribution in [3.05, 3.63) is 83.6 Å². The van der Waals surface area contributed by atoms with Crippen LogP contribution in [0.1, 0.15) is 37.5 Å². The van der Waals surface area contributed by atoms with E-state index in [1.165, 1.54) is 0 Å². The largest absolute Gasteiger partial charge is 0.379 e. The van der Waals surface area contributed by atoms with Crippen LogP contribution in [0.5, 0.6) is 0 Å². The zero-order valence-corrected chi connectivity index (χ0v) is 23.0. The normalized spacial score (nSPS) is 14.1. The van der Waals surface area contributed by atoms with E-state index in [1.54, 1.807) is 17.2 Å². The Morgan fingerprint density at radius 2 is 1.85 bits per heavy atom. The summed E-state index contributed by atoms with van der Waals surface area (Å²) in [4.78, 5) is 17.9. The van der Waals surface area contributed by atoms with Crippen LogP contribution < -0.4 is 10.2 Å². The number of nitrogens with one attached hydrogen (secondary N) is 2. The van der Waals surface area contributed by atoms with Crippen molar-refractivity contribution < 1.29 is 9.53 Å². The quantitative estimate of drug-likeness (QED) is 0.313. The number of urea groups is 1. The molecule has 0 saturated carbocycles. The molecule has 39 heavy (non-hydrogen) atoms. The molecule has 5 rings (SSSR count). The maximum absolute atomic E-state index is 13.9. The molecule has 1 saturated heterocycles. The molecule has 2 heterocycles. The molecular formula is C32H35N5O2. The van der Waals surface area contributed by atoms with Gasteiger partial charge in [0.15, 0.2) is 0 Å². The first-order valence-corrected chi connectivity index (χ1v) is 13.3. The second-order valence-corrected chi connectivity index (χ2v) is 10.9. The molecule has 0 aliphatic carbocycles. The second-order valence-electron chi connectivity index (χ2n) is 10.9. The number of benzene rings is 3. The smallest absolute Gasteiger partial charge is 0.332 e. The summed E-state index contributed by atoms with van der Waals surface area (Å²) in [6.07, 6.45) is 1.65. The average Bonchev–Trinajstić information content (AvgIpc) is 3.45. The number of hydrogen-bond donors (Lipinski definition) is 2. The number of anilines is 3. The van der Waals surface area contributed by atoms with Crippen LogP contribution in [-0.2, 0) is 10.2 Å². The first kappa shape index (κ1) is 26.5. The maximum atomic E-state index is 13.9. The molecule has 3 aromatic carbocycles. The van der Waals surface area contributed by atoms with Crippen LogP contribution in [0.2, 0.25) is 0 Å². The molecule has 7 nitrogen and oxygen atoms in total. The van der Waals surface area contributed by atoms with Crippen LogP contribution in [0.25, 0.3) is 10.8 Å². The molecule has 0 bridgehead atoms. The number of morpholine rings is 1. The minimum atomic E-state index is -0.273. The van der Waals surface area contributed by atoms with Crippen molar-refractivity contribution in [2.24, 2.45) is 0 Å². The van der Waals surface area contributed by atoms with E-state index >= 15 is 0 Å². The molecule has 0 spiro atoms. The maximum Gasteiger partial charge on any atom is 0.332 e. The van der Waals surface area contributed by atoms with Crippen molar-refractivity contribution in [1.29, 1.82) is 0 Å². The van der Waals surface area contributed by atoms with Crippen molar-refractivity contribution in [3.63, 3.8) is 0 Å². The molecule has 2 N–H and O–H groups in total. The minimum absolute atomic E-state index is 0.0621. The van der Waals surface area contributed by atoms with Gasteiger partial charge in [-0.05, 0) is 47.1 Å².